The van der Waals surface area contributed by atoms with Crippen LogP contribution >= 0.6 is 46.4 Å². The molecule has 25 heavy (non-hydrogen) atoms. The Labute approximate surface area is 165 Å². The van der Waals surface area contributed by atoms with Crippen LogP contribution in [-0.4, -0.2) is 21.7 Å². The summed E-state index contributed by atoms with van der Waals surface area (Å²) in [5.74, 6) is 0. The van der Waals surface area contributed by atoms with Gasteiger partial charge in [0, 0.05) is 5.69 Å². The molecule has 0 aliphatic rings. The Morgan fingerprint density at radius 1 is 0.960 bits per heavy atom. The van der Waals surface area contributed by atoms with Gasteiger partial charge in [-0.05, 0) is 45.0 Å². The number of aromatic nitrogens is 2. The maximum Gasteiger partial charge on any atom is 0.412 e. The van der Waals surface area contributed by atoms with Gasteiger partial charge in [-0.2, -0.15) is 0 Å². The lowest BCUT2D eigenvalue weighted by Gasteiger charge is -2.19. The third kappa shape index (κ3) is 9.55. The molecule has 0 radical (unpaired) electrons. The quantitative estimate of drug-likeness (QED) is 0.571. The molecule has 0 aliphatic carbocycles. The fraction of sp³-hybridized carbons (Fsp3) is 0.267. The number of nitrogen functional groups attached to an aromatic ring is 1. The van der Waals surface area contributed by atoms with Crippen molar-refractivity contribution in [3.05, 3.63) is 44.9 Å². The van der Waals surface area contributed by atoms with E-state index in [-0.39, 0.29) is 10.3 Å². The normalized spacial score (nSPS) is 10.5. The number of nitrogens with one attached hydrogen (secondary N) is 1. The average molecular weight is 426 g/mol. The summed E-state index contributed by atoms with van der Waals surface area (Å²) >= 11 is 22.3. The van der Waals surface area contributed by atoms with Gasteiger partial charge in [0.25, 0.3) is 0 Å². The Hall–Kier alpha value is -1.47. The molecule has 0 fully saturated rings. The molecule has 2 aromatic heterocycles. The van der Waals surface area contributed by atoms with E-state index in [0.717, 1.165) is 0 Å². The summed E-state index contributed by atoms with van der Waals surface area (Å²) in [5, 5.41) is 3.56. The van der Waals surface area contributed by atoms with Crippen molar-refractivity contribution in [1.82, 2.24) is 9.97 Å². The van der Waals surface area contributed by atoms with Crippen LogP contribution in [0.15, 0.2) is 24.3 Å². The minimum atomic E-state index is -0.564. The molecule has 6 nitrogen and oxygen atoms in total. The van der Waals surface area contributed by atoms with Crippen LogP contribution in [-0.2, 0) is 4.74 Å². The summed E-state index contributed by atoms with van der Waals surface area (Å²) < 4.78 is 5.06. The van der Waals surface area contributed by atoms with Crippen LogP contribution < -0.4 is 11.1 Å². The first-order valence-electron chi connectivity index (χ1n) is 6.86. The maximum atomic E-state index is 11.4. The minimum absolute atomic E-state index is 0.207. The Kier molecular flexibility index (Phi) is 8.02. The number of halogens is 4. The van der Waals surface area contributed by atoms with Gasteiger partial charge >= 0.3 is 6.09 Å². The van der Waals surface area contributed by atoms with Crippen LogP contribution in [0.4, 0.5) is 16.2 Å². The number of amides is 1. The van der Waals surface area contributed by atoms with Gasteiger partial charge in [-0.15, -0.1) is 0 Å². The first-order valence-corrected chi connectivity index (χ1v) is 8.37. The first kappa shape index (κ1) is 21.6. The van der Waals surface area contributed by atoms with Crippen molar-refractivity contribution in [1.29, 1.82) is 0 Å². The van der Waals surface area contributed by atoms with E-state index in [0.29, 0.717) is 21.7 Å². The number of carbonyl (C=O) groups excluding carboxylic acids is 1. The number of hydrogen-bond donors (Lipinski definition) is 2. The zero-order chi connectivity index (χ0) is 19.2. The van der Waals surface area contributed by atoms with Crippen LogP contribution in [0, 0.1) is 0 Å². The molecule has 2 rings (SSSR count). The van der Waals surface area contributed by atoms with E-state index in [1.807, 2.05) is 0 Å². The number of ether oxygens (including phenoxy) is 1. The fourth-order valence-electron chi connectivity index (χ4n) is 1.44. The molecule has 0 unspecified atom stereocenters. The van der Waals surface area contributed by atoms with E-state index >= 15 is 0 Å². The van der Waals surface area contributed by atoms with Gasteiger partial charge in [-0.1, -0.05) is 46.4 Å². The molecule has 0 aliphatic heterocycles. The molecular weight excluding hydrogens is 410 g/mol. The highest BCUT2D eigenvalue weighted by molar-refractivity contribution is 6.33. The molecule has 0 saturated carbocycles. The number of pyridine rings is 2. The third-order valence-corrected chi connectivity index (χ3v) is 2.97. The molecule has 0 spiro atoms. The van der Waals surface area contributed by atoms with Crippen LogP contribution in [0.2, 0.25) is 20.6 Å². The molecule has 3 N–H and O–H groups in total. The standard InChI is InChI=1S/C10H12Cl2N2O2.C5H4Cl2N2/c1-10(2,3)16-9(15)13-6-4-7(11)14-8(12)5-6;6-4-1-3(8)2-5(7)9-4/h4-5H,1-3H3,(H,13,14,15);1-2H,(H2,8,9). The maximum absolute atomic E-state index is 11.4. The Morgan fingerprint density at radius 3 is 1.72 bits per heavy atom. The van der Waals surface area contributed by atoms with Gasteiger partial charge in [0.1, 0.15) is 26.2 Å². The van der Waals surface area contributed by atoms with E-state index in [1.165, 1.54) is 24.3 Å². The number of nitrogens with two attached hydrogens (primary N) is 1. The number of hydrogen-bond acceptors (Lipinski definition) is 5. The number of anilines is 2. The lowest BCUT2D eigenvalue weighted by molar-refractivity contribution is 0.0636. The molecular formula is C15H16Cl4N4O2. The molecule has 1 amide bonds. The van der Waals surface area contributed by atoms with Crippen molar-refractivity contribution in [2.45, 2.75) is 26.4 Å². The van der Waals surface area contributed by atoms with Crippen molar-refractivity contribution in [2.24, 2.45) is 0 Å². The van der Waals surface area contributed by atoms with Gasteiger partial charge in [-0.3, -0.25) is 5.32 Å². The highest BCUT2D eigenvalue weighted by atomic mass is 35.5. The second-order valence-electron chi connectivity index (χ2n) is 5.67. The van der Waals surface area contributed by atoms with Gasteiger partial charge in [0.2, 0.25) is 0 Å². The predicted molar refractivity (Wildman–Crippen MR) is 103 cm³/mol. The minimum Gasteiger partial charge on any atom is -0.444 e. The van der Waals surface area contributed by atoms with Crippen LogP contribution in [0.1, 0.15) is 20.8 Å². The molecule has 0 bridgehead atoms. The summed E-state index contributed by atoms with van der Waals surface area (Å²) in [6, 6.07) is 6.04. The van der Waals surface area contributed by atoms with Gasteiger partial charge in [-0.25, -0.2) is 14.8 Å². The Bertz CT molecular complexity index is 680. The number of nitrogens with zero attached hydrogens (tertiary/aromatic N) is 2. The van der Waals surface area contributed by atoms with E-state index in [2.05, 4.69) is 15.3 Å². The SMILES string of the molecule is CC(C)(C)OC(=O)Nc1cc(Cl)nc(Cl)c1.Nc1cc(Cl)nc(Cl)c1. The van der Waals surface area contributed by atoms with Gasteiger partial charge in [0.15, 0.2) is 0 Å². The fourth-order valence-corrected chi connectivity index (χ4v) is 2.38. The zero-order valence-corrected chi connectivity index (χ0v) is 16.6. The average Bonchev–Trinajstić information content (AvgIpc) is 2.33. The second-order valence-corrected chi connectivity index (χ2v) is 7.22. The topological polar surface area (TPSA) is 90.1 Å². The summed E-state index contributed by atoms with van der Waals surface area (Å²) in [6.45, 7) is 5.33. The van der Waals surface area contributed by atoms with Crippen molar-refractivity contribution < 1.29 is 9.53 Å². The number of carbonyl (C=O) groups is 1. The highest BCUT2D eigenvalue weighted by Crippen LogP contribution is 2.19. The Morgan fingerprint density at radius 2 is 1.36 bits per heavy atom. The van der Waals surface area contributed by atoms with Crippen LogP contribution in [0.25, 0.3) is 0 Å². The molecule has 2 aromatic rings. The van der Waals surface area contributed by atoms with Crippen molar-refractivity contribution >= 4 is 63.9 Å². The second kappa shape index (κ2) is 9.29. The van der Waals surface area contributed by atoms with E-state index in [4.69, 9.17) is 56.9 Å². The van der Waals surface area contributed by atoms with Crippen molar-refractivity contribution in [3.8, 4) is 0 Å². The van der Waals surface area contributed by atoms with Crippen molar-refractivity contribution in [2.75, 3.05) is 11.1 Å². The van der Waals surface area contributed by atoms with Crippen LogP contribution in [0.3, 0.4) is 0 Å². The third-order valence-electron chi connectivity index (χ3n) is 2.19. The van der Waals surface area contributed by atoms with Gasteiger partial charge < -0.3 is 10.5 Å². The van der Waals surface area contributed by atoms with Crippen LogP contribution in [0.5, 0.6) is 0 Å². The zero-order valence-electron chi connectivity index (χ0n) is 13.6. The summed E-state index contributed by atoms with van der Waals surface area (Å²) in [5.41, 5.74) is 5.77. The first-order chi connectivity index (χ1) is 11.4. The summed E-state index contributed by atoms with van der Waals surface area (Å²) in [7, 11) is 0. The molecule has 0 atom stereocenters. The van der Waals surface area contributed by atoms with E-state index < -0.39 is 11.7 Å². The summed E-state index contributed by atoms with van der Waals surface area (Å²) in [6.07, 6.45) is -0.564. The summed E-state index contributed by atoms with van der Waals surface area (Å²) in [4.78, 5) is 18.9. The molecule has 2 heterocycles. The Balaban J connectivity index is 0.000000293. The molecule has 10 heteroatoms. The monoisotopic (exact) mass is 424 g/mol. The van der Waals surface area contributed by atoms with E-state index in [9.17, 15) is 4.79 Å². The predicted octanol–water partition coefficient (Wildman–Crippen LogP) is 5.71. The largest absolute Gasteiger partial charge is 0.444 e. The van der Waals surface area contributed by atoms with Crippen molar-refractivity contribution in [3.63, 3.8) is 0 Å². The number of rotatable bonds is 1. The van der Waals surface area contributed by atoms with Gasteiger partial charge in [0.05, 0.1) is 5.69 Å². The van der Waals surface area contributed by atoms with E-state index in [1.54, 1.807) is 20.8 Å². The molecule has 0 aromatic carbocycles. The smallest absolute Gasteiger partial charge is 0.412 e. The lowest BCUT2D eigenvalue weighted by atomic mass is 10.2. The highest BCUT2D eigenvalue weighted by Gasteiger charge is 2.16. The molecule has 0 saturated heterocycles. The molecule has 136 valence electrons. The lowest BCUT2D eigenvalue weighted by Crippen LogP contribution is -2.27.